The van der Waals surface area contributed by atoms with Gasteiger partial charge in [0.05, 0.1) is 18.3 Å². The maximum absolute atomic E-state index is 5.47. The number of anilines is 1. The number of hydrazine groups is 1. The van der Waals surface area contributed by atoms with Gasteiger partial charge in [-0.3, -0.25) is 5.43 Å². The molecule has 0 bridgehead atoms. The third-order valence-corrected chi connectivity index (χ3v) is 3.85. The molecule has 0 radical (unpaired) electrons. The normalized spacial score (nSPS) is 13.3. The zero-order valence-electron chi connectivity index (χ0n) is 10.5. The topological polar surface area (TPSA) is 71.7 Å². The number of benzene rings is 1. The average Bonchev–Trinajstić information content (AvgIpc) is 2.32. The van der Waals surface area contributed by atoms with Gasteiger partial charge in [-0.1, -0.05) is 15.9 Å². The summed E-state index contributed by atoms with van der Waals surface area (Å²) in [5, 5.41) is 3.13. The lowest BCUT2D eigenvalue weighted by atomic mass is 10.3. The van der Waals surface area contributed by atoms with E-state index in [-0.39, 0.29) is 6.04 Å². The number of aliphatic imine (C=N–C) groups is 1. The molecule has 0 aliphatic rings. The standard InChI is InChI=1S/C11H15Br3N4O/c1-6(5-19-2)16-11(18-15)17-10-8(13)3-7(12)4-9(10)14/h3-4,6H,5,15H2,1-2H3,(H2,16,17,18). The molecule has 0 spiro atoms. The van der Waals surface area contributed by atoms with Crippen LogP contribution in [0, 0.1) is 0 Å². The molecular formula is C11H15Br3N4O. The van der Waals surface area contributed by atoms with Crippen LogP contribution in [0.3, 0.4) is 0 Å². The predicted octanol–water partition coefficient (Wildman–Crippen LogP) is 3.24. The minimum absolute atomic E-state index is 0.00320. The Bertz CT molecular complexity index is 444. The number of methoxy groups -OCH3 is 1. The van der Waals surface area contributed by atoms with Crippen molar-refractivity contribution in [2.45, 2.75) is 13.0 Å². The highest BCUT2D eigenvalue weighted by Gasteiger charge is 2.10. The van der Waals surface area contributed by atoms with Crippen molar-refractivity contribution in [2.75, 3.05) is 19.0 Å². The fraction of sp³-hybridized carbons (Fsp3) is 0.364. The Kier molecular flexibility index (Phi) is 7.30. The summed E-state index contributed by atoms with van der Waals surface area (Å²) in [5.74, 6) is 5.94. The Hall–Kier alpha value is -0.150. The van der Waals surface area contributed by atoms with Crippen molar-refractivity contribution < 1.29 is 4.74 Å². The minimum atomic E-state index is -0.00320. The summed E-state index contributed by atoms with van der Waals surface area (Å²) in [6, 6.07) is 3.86. The zero-order valence-corrected chi connectivity index (χ0v) is 15.3. The Balaban J connectivity index is 2.93. The summed E-state index contributed by atoms with van der Waals surface area (Å²) in [6.45, 7) is 2.46. The van der Waals surface area contributed by atoms with E-state index in [1.54, 1.807) is 7.11 Å². The summed E-state index contributed by atoms with van der Waals surface area (Å²) in [5.41, 5.74) is 3.38. The molecule has 1 aromatic rings. The number of rotatable bonds is 4. The first-order valence-electron chi connectivity index (χ1n) is 5.42. The molecule has 106 valence electrons. The number of guanidine groups is 1. The molecule has 19 heavy (non-hydrogen) atoms. The summed E-state index contributed by atoms with van der Waals surface area (Å²) in [6.07, 6.45) is 0. The Morgan fingerprint density at radius 3 is 2.42 bits per heavy atom. The molecule has 0 heterocycles. The molecule has 1 rings (SSSR count). The van der Waals surface area contributed by atoms with Crippen LogP contribution in [-0.4, -0.2) is 25.7 Å². The van der Waals surface area contributed by atoms with Crippen LogP contribution in [0.15, 0.2) is 30.5 Å². The van der Waals surface area contributed by atoms with Gasteiger partial charge in [0.15, 0.2) is 0 Å². The van der Waals surface area contributed by atoms with E-state index < -0.39 is 0 Å². The summed E-state index contributed by atoms with van der Waals surface area (Å²) >= 11 is 10.4. The van der Waals surface area contributed by atoms with Crippen molar-refractivity contribution in [1.29, 1.82) is 0 Å². The average molecular weight is 459 g/mol. The van der Waals surface area contributed by atoms with Crippen LogP contribution in [0.4, 0.5) is 5.69 Å². The van der Waals surface area contributed by atoms with Crippen molar-refractivity contribution in [3.63, 3.8) is 0 Å². The maximum atomic E-state index is 5.47. The minimum Gasteiger partial charge on any atom is -0.382 e. The maximum Gasteiger partial charge on any atom is 0.210 e. The predicted molar refractivity (Wildman–Crippen MR) is 89.3 cm³/mol. The molecule has 1 atom stereocenters. The van der Waals surface area contributed by atoms with Gasteiger partial charge in [-0.2, -0.15) is 0 Å². The first-order chi connectivity index (χ1) is 8.97. The second-order valence-corrected chi connectivity index (χ2v) is 6.42. The van der Waals surface area contributed by atoms with Crippen LogP contribution in [0.2, 0.25) is 0 Å². The summed E-state index contributed by atoms with van der Waals surface area (Å²) in [4.78, 5) is 4.38. The Labute approximate surface area is 137 Å². The molecule has 0 aliphatic heterocycles. The van der Waals surface area contributed by atoms with E-state index in [0.29, 0.717) is 12.6 Å². The first kappa shape index (κ1) is 16.9. The molecule has 0 aliphatic carbocycles. The van der Waals surface area contributed by atoms with Gasteiger partial charge in [0.2, 0.25) is 5.96 Å². The van der Waals surface area contributed by atoms with E-state index in [4.69, 9.17) is 10.6 Å². The van der Waals surface area contributed by atoms with Crippen LogP contribution in [0.5, 0.6) is 0 Å². The second kappa shape index (κ2) is 8.21. The zero-order chi connectivity index (χ0) is 14.4. The van der Waals surface area contributed by atoms with Crippen LogP contribution < -0.4 is 16.6 Å². The number of nitrogens with two attached hydrogens (primary N) is 1. The molecule has 0 aromatic heterocycles. The molecular weight excluding hydrogens is 444 g/mol. The van der Waals surface area contributed by atoms with Gasteiger partial charge in [0.25, 0.3) is 0 Å². The van der Waals surface area contributed by atoms with Crippen LogP contribution >= 0.6 is 47.8 Å². The van der Waals surface area contributed by atoms with Crippen molar-refractivity contribution in [3.8, 4) is 0 Å². The largest absolute Gasteiger partial charge is 0.382 e. The highest BCUT2D eigenvalue weighted by atomic mass is 79.9. The van der Waals surface area contributed by atoms with E-state index >= 15 is 0 Å². The molecule has 0 fully saturated rings. The van der Waals surface area contributed by atoms with Crippen molar-refractivity contribution in [1.82, 2.24) is 5.43 Å². The highest BCUT2D eigenvalue weighted by Crippen LogP contribution is 2.34. The fourth-order valence-electron chi connectivity index (χ4n) is 1.38. The van der Waals surface area contributed by atoms with Gasteiger partial charge < -0.3 is 10.1 Å². The highest BCUT2D eigenvalue weighted by molar-refractivity contribution is 9.11. The van der Waals surface area contributed by atoms with Crippen LogP contribution in [0.25, 0.3) is 0 Å². The third kappa shape index (κ3) is 5.39. The third-order valence-electron chi connectivity index (χ3n) is 2.14. The van der Waals surface area contributed by atoms with E-state index in [1.807, 2.05) is 19.1 Å². The summed E-state index contributed by atoms with van der Waals surface area (Å²) in [7, 11) is 1.64. The number of nitrogens with one attached hydrogen (secondary N) is 2. The van der Waals surface area contributed by atoms with Gasteiger partial charge in [0.1, 0.15) is 0 Å². The van der Waals surface area contributed by atoms with Gasteiger partial charge in [-0.15, -0.1) is 0 Å². The number of hydrogen-bond donors (Lipinski definition) is 3. The number of nitrogens with zero attached hydrogens (tertiary/aromatic N) is 1. The lowest BCUT2D eigenvalue weighted by Crippen LogP contribution is -2.37. The SMILES string of the molecule is COCC(C)N=C(NN)Nc1c(Br)cc(Br)cc1Br. The molecule has 1 aromatic carbocycles. The fourth-order valence-corrected chi connectivity index (χ4v) is 3.84. The second-order valence-electron chi connectivity index (χ2n) is 3.80. The quantitative estimate of drug-likeness (QED) is 0.280. The molecule has 1 unspecified atom stereocenters. The van der Waals surface area contributed by atoms with Crippen molar-refractivity contribution >= 4 is 59.4 Å². The van der Waals surface area contributed by atoms with Gasteiger partial charge >= 0.3 is 0 Å². The molecule has 0 amide bonds. The first-order valence-corrected chi connectivity index (χ1v) is 7.80. The van der Waals surface area contributed by atoms with E-state index in [1.165, 1.54) is 0 Å². The molecule has 0 saturated heterocycles. The summed E-state index contributed by atoms with van der Waals surface area (Å²) < 4.78 is 7.77. The number of hydrogen-bond acceptors (Lipinski definition) is 3. The smallest absolute Gasteiger partial charge is 0.210 e. The van der Waals surface area contributed by atoms with Crippen LogP contribution in [0.1, 0.15) is 6.92 Å². The lowest BCUT2D eigenvalue weighted by molar-refractivity contribution is 0.185. The number of ether oxygens (including phenoxy) is 1. The van der Waals surface area contributed by atoms with Crippen molar-refractivity contribution in [2.24, 2.45) is 10.8 Å². The van der Waals surface area contributed by atoms with Gasteiger partial charge in [0, 0.05) is 20.5 Å². The molecule has 5 nitrogen and oxygen atoms in total. The molecule has 0 saturated carbocycles. The van der Waals surface area contributed by atoms with E-state index in [9.17, 15) is 0 Å². The lowest BCUT2D eigenvalue weighted by Gasteiger charge is -2.15. The van der Waals surface area contributed by atoms with Gasteiger partial charge in [-0.05, 0) is 50.9 Å². The van der Waals surface area contributed by atoms with E-state index in [2.05, 4.69) is 63.5 Å². The Morgan fingerprint density at radius 1 is 1.37 bits per heavy atom. The monoisotopic (exact) mass is 456 g/mol. The molecule has 8 heteroatoms. The van der Waals surface area contributed by atoms with Gasteiger partial charge in [-0.25, -0.2) is 10.8 Å². The van der Waals surface area contributed by atoms with E-state index in [0.717, 1.165) is 19.1 Å². The molecule has 4 N–H and O–H groups in total. The Morgan fingerprint density at radius 2 is 1.95 bits per heavy atom. The van der Waals surface area contributed by atoms with Crippen molar-refractivity contribution in [3.05, 3.63) is 25.6 Å². The number of halogens is 3. The van der Waals surface area contributed by atoms with Crippen LogP contribution in [-0.2, 0) is 4.74 Å².